The zero-order valence-electron chi connectivity index (χ0n) is 18.3. The highest BCUT2D eigenvalue weighted by molar-refractivity contribution is 6.30. The molecule has 0 aromatic heterocycles. The molecule has 0 N–H and O–H groups in total. The Balaban J connectivity index is 1.91. The first kappa shape index (κ1) is 21.9. The first-order valence-electron chi connectivity index (χ1n) is 10.5. The molecule has 3 aromatic rings. The van der Waals surface area contributed by atoms with E-state index in [9.17, 15) is 4.79 Å². The average Bonchev–Trinajstić information content (AvgIpc) is 2.94. The van der Waals surface area contributed by atoms with Crippen LogP contribution < -0.4 is 14.4 Å². The van der Waals surface area contributed by atoms with Crippen LogP contribution in [0, 0.1) is 0 Å². The summed E-state index contributed by atoms with van der Waals surface area (Å²) in [6, 6.07) is 20.6. The smallest absolute Gasteiger partial charge is 0.252 e. The van der Waals surface area contributed by atoms with Crippen molar-refractivity contribution >= 4 is 28.9 Å². The van der Waals surface area contributed by atoms with Gasteiger partial charge in [-0.2, -0.15) is 0 Å². The number of likely N-dealkylation sites (N-methyl/N-ethyl adjacent to an activating group) is 1. The fraction of sp³-hybridized carbons (Fsp3) is 0.231. The van der Waals surface area contributed by atoms with E-state index in [-0.39, 0.29) is 5.91 Å². The maximum Gasteiger partial charge on any atom is 0.252 e. The van der Waals surface area contributed by atoms with Crippen LogP contribution in [0.3, 0.4) is 0 Å². The zero-order chi connectivity index (χ0) is 22.7. The van der Waals surface area contributed by atoms with Crippen LogP contribution in [-0.4, -0.2) is 38.4 Å². The van der Waals surface area contributed by atoms with Gasteiger partial charge in [-0.1, -0.05) is 54.1 Å². The predicted molar refractivity (Wildman–Crippen MR) is 129 cm³/mol. The maximum absolute atomic E-state index is 13.7. The number of carbonyl (C=O) groups excluding carboxylic acids is 1. The summed E-state index contributed by atoms with van der Waals surface area (Å²) in [4.78, 5) is 20.4. The lowest BCUT2D eigenvalue weighted by atomic mass is 9.99. The summed E-state index contributed by atoms with van der Waals surface area (Å²) in [5.41, 5.74) is 4.29. The van der Waals surface area contributed by atoms with Gasteiger partial charge < -0.3 is 14.4 Å². The van der Waals surface area contributed by atoms with Crippen molar-refractivity contribution in [1.82, 2.24) is 0 Å². The number of carbonyl (C=O) groups is 1. The van der Waals surface area contributed by atoms with Gasteiger partial charge in [0.25, 0.3) is 5.91 Å². The summed E-state index contributed by atoms with van der Waals surface area (Å²) in [6.45, 7) is 2.47. The summed E-state index contributed by atoms with van der Waals surface area (Å²) >= 11 is 6.05. The zero-order valence-corrected chi connectivity index (χ0v) is 19.1. The molecule has 1 aliphatic heterocycles. The summed E-state index contributed by atoms with van der Waals surface area (Å²) in [6.07, 6.45) is 0.477. The second kappa shape index (κ2) is 9.45. The van der Waals surface area contributed by atoms with Gasteiger partial charge in [0, 0.05) is 35.2 Å². The fourth-order valence-electron chi connectivity index (χ4n) is 3.99. The molecular weight excluding hydrogens is 424 g/mol. The third kappa shape index (κ3) is 4.21. The highest BCUT2D eigenvalue weighted by atomic mass is 35.5. The second-order valence-electron chi connectivity index (χ2n) is 7.50. The number of hydrogen-bond donors (Lipinski definition) is 0. The Labute approximate surface area is 193 Å². The van der Waals surface area contributed by atoms with Gasteiger partial charge in [-0.25, -0.2) is 0 Å². The number of rotatable bonds is 6. The average molecular weight is 449 g/mol. The van der Waals surface area contributed by atoms with E-state index in [0.29, 0.717) is 29.5 Å². The van der Waals surface area contributed by atoms with Gasteiger partial charge >= 0.3 is 0 Å². The van der Waals surface area contributed by atoms with E-state index in [1.807, 2.05) is 73.7 Å². The SMILES string of the molecule is CCN1C(=O)C(Cc2ccc(Cl)cc2)N=C(c2ccccc2)c2cc(OC)c(OC)cc21. The van der Waals surface area contributed by atoms with Gasteiger partial charge in [-0.3, -0.25) is 9.79 Å². The highest BCUT2D eigenvalue weighted by Crippen LogP contribution is 2.38. The fourth-order valence-corrected chi connectivity index (χ4v) is 4.12. The van der Waals surface area contributed by atoms with Gasteiger partial charge in [0.2, 0.25) is 0 Å². The van der Waals surface area contributed by atoms with Crippen LogP contribution in [0.5, 0.6) is 11.5 Å². The standard InChI is InChI=1S/C26H25ClN2O3/c1-4-29-22-16-24(32-3)23(31-2)15-20(22)25(18-8-6-5-7-9-18)28-21(26(29)30)14-17-10-12-19(27)13-11-17/h5-13,15-16,21H,4,14H2,1-3H3. The summed E-state index contributed by atoms with van der Waals surface area (Å²) in [5.74, 6) is 1.11. The third-order valence-electron chi connectivity index (χ3n) is 5.59. The van der Waals surface area contributed by atoms with Gasteiger partial charge in [-0.15, -0.1) is 0 Å². The number of fused-ring (bicyclic) bond motifs is 1. The van der Waals surface area contributed by atoms with Crippen molar-refractivity contribution in [3.8, 4) is 11.5 Å². The summed E-state index contributed by atoms with van der Waals surface area (Å²) in [7, 11) is 3.20. The Kier molecular flexibility index (Phi) is 6.47. The molecule has 164 valence electrons. The molecule has 0 saturated heterocycles. The van der Waals surface area contributed by atoms with Crippen molar-refractivity contribution in [2.24, 2.45) is 4.99 Å². The molecular formula is C26H25ClN2O3. The predicted octanol–water partition coefficient (Wildman–Crippen LogP) is 5.17. The van der Waals surface area contributed by atoms with Crippen LogP contribution in [-0.2, 0) is 11.2 Å². The molecule has 6 heteroatoms. The molecule has 1 amide bonds. The number of amides is 1. The van der Waals surface area contributed by atoms with E-state index in [1.165, 1.54) is 0 Å². The number of methoxy groups -OCH3 is 2. The van der Waals surface area contributed by atoms with E-state index in [4.69, 9.17) is 26.1 Å². The van der Waals surface area contributed by atoms with E-state index < -0.39 is 6.04 Å². The maximum atomic E-state index is 13.7. The molecule has 0 bridgehead atoms. The molecule has 3 aromatic carbocycles. The molecule has 0 aliphatic carbocycles. The number of benzodiazepines with no additional fused rings is 1. The first-order valence-corrected chi connectivity index (χ1v) is 10.9. The van der Waals surface area contributed by atoms with Gasteiger partial charge in [-0.05, 0) is 30.7 Å². The van der Waals surface area contributed by atoms with Crippen molar-refractivity contribution in [3.05, 3.63) is 88.4 Å². The van der Waals surface area contributed by atoms with Crippen molar-refractivity contribution in [2.75, 3.05) is 25.7 Å². The van der Waals surface area contributed by atoms with Crippen LogP contribution in [0.4, 0.5) is 5.69 Å². The molecule has 0 fully saturated rings. The van der Waals surface area contributed by atoms with Crippen LogP contribution in [0.25, 0.3) is 0 Å². The first-order chi connectivity index (χ1) is 15.5. The Bertz CT molecular complexity index is 1140. The molecule has 1 atom stereocenters. The minimum absolute atomic E-state index is 0.0538. The van der Waals surface area contributed by atoms with E-state index in [2.05, 4.69) is 0 Å². The molecule has 4 rings (SSSR count). The monoisotopic (exact) mass is 448 g/mol. The lowest BCUT2D eigenvalue weighted by molar-refractivity contribution is -0.119. The molecule has 1 unspecified atom stereocenters. The summed E-state index contributed by atoms with van der Waals surface area (Å²) in [5, 5.41) is 0.663. The number of aliphatic imine (C=N–C) groups is 1. The van der Waals surface area contributed by atoms with Crippen LogP contribution in [0.15, 0.2) is 71.7 Å². The minimum Gasteiger partial charge on any atom is -0.493 e. The normalized spacial score (nSPS) is 15.6. The molecule has 5 nitrogen and oxygen atoms in total. The molecule has 1 heterocycles. The van der Waals surface area contributed by atoms with E-state index in [1.54, 1.807) is 19.1 Å². The van der Waals surface area contributed by atoms with Crippen molar-refractivity contribution in [2.45, 2.75) is 19.4 Å². The molecule has 0 radical (unpaired) electrons. The molecule has 0 saturated carbocycles. The second-order valence-corrected chi connectivity index (χ2v) is 7.93. The van der Waals surface area contributed by atoms with Crippen molar-refractivity contribution in [3.63, 3.8) is 0 Å². The number of benzene rings is 3. The minimum atomic E-state index is -0.573. The van der Waals surface area contributed by atoms with E-state index >= 15 is 0 Å². The van der Waals surface area contributed by atoms with Crippen molar-refractivity contribution < 1.29 is 14.3 Å². The number of halogens is 1. The number of anilines is 1. The Morgan fingerprint density at radius 1 is 0.969 bits per heavy atom. The van der Waals surface area contributed by atoms with Crippen molar-refractivity contribution in [1.29, 1.82) is 0 Å². The molecule has 1 aliphatic rings. The Hall–Kier alpha value is -3.31. The topological polar surface area (TPSA) is 51.1 Å². The highest BCUT2D eigenvalue weighted by Gasteiger charge is 2.32. The van der Waals surface area contributed by atoms with Crippen LogP contribution >= 0.6 is 11.6 Å². The van der Waals surface area contributed by atoms with Gasteiger partial charge in [0.05, 0.1) is 25.6 Å². The largest absolute Gasteiger partial charge is 0.493 e. The number of hydrogen-bond acceptors (Lipinski definition) is 4. The number of ether oxygens (including phenoxy) is 2. The summed E-state index contributed by atoms with van der Waals surface area (Å²) < 4.78 is 11.1. The lowest BCUT2D eigenvalue weighted by Crippen LogP contribution is -2.38. The molecule has 32 heavy (non-hydrogen) atoms. The van der Waals surface area contributed by atoms with Gasteiger partial charge in [0.1, 0.15) is 6.04 Å². The Morgan fingerprint density at radius 2 is 1.62 bits per heavy atom. The van der Waals surface area contributed by atoms with Crippen LogP contribution in [0.1, 0.15) is 23.6 Å². The number of nitrogens with zero attached hydrogens (tertiary/aromatic N) is 2. The van der Waals surface area contributed by atoms with Gasteiger partial charge in [0.15, 0.2) is 11.5 Å². The Morgan fingerprint density at radius 3 is 2.25 bits per heavy atom. The lowest BCUT2D eigenvalue weighted by Gasteiger charge is -2.25. The molecule has 0 spiro atoms. The van der Waals surface area contributed by atoms with E-state index in [0.717, 1.165) is 28.1 Å². The third-order valence-corrected chi connectivity index (χ3v) is 5.84. The quantitative estimate of drug-likeness (QED) is 0.522. The van der Waals surface area contributed by atoms with Crippen LogP contribution in [0.2, 0.25) is 5.02 Å².